The molecule has 5 aromatic rings. The number of amides is 2. The van der Waals surface area contributed by atoms with Crippen molar-refractivity contribution < 1.29 is 22.7 Å². The second kappa shape index (κ2) is 12.6. The summed E-state index contributed by atoms with van der Waals surface area (Å²) in [5.41, 5.74) is 5.31. The zero-order chi connectivity index (χ0) is 34.4. The largest absolute Gasteiger partial charge is 0.444 e. The third-order valence-electron chi connectivity index (χ3n) is 8.65. The van der Waals surface area contributed by atoms with E-state index in [4.69, 9.17) is 9.72 Å². The van der Waals surface area contributed by atoms with Crippen LogP contribution in [0.25, 0.3) is 33.3 Å². The van der Waals surface area contributed by atoms with E-state index in [0.717, 1.165) is 28.7 Å². The molecule has 3 heterocycles. The van der Waals surface area contributed by atoms with Crippen LogP contribution in [0.2, 0.25) is 0 Å². The lowest BCUT2D eigenvalue weighted by molar-refractivity contribution is 0.0292. The number of carbonyl (C=O) groups excluding carboxylic acids is 2. The summed E-state index contributed by atoms with van der Waals surface area (Å²) in [5, 5.41) is 0.671. The quantitative estimate of drug-likeness (QED) is 0.188. The van der Waals surface area contributed by atoms with Gasteiger partial charge in [0.1, 0.15) is 5.60 Å². The molecule has 0 aliphatic carbocycles. The predicted molar refractivity (Wildman–Crippen MR) is 188 cm³/mol. The first-order valence-electron chi connectivity index (χ1n) is 16.0. The first kappa shape index (κ1) is 33.0. The number of likely N-dealkylation sites (tertiary alicyclic amines) is 1. The van der Waals surface area contributed by atoms with Crippen LogP contribution >= 0.6 is 0 Å². The maximum Gasteiger partial charge on any atom is 0.410 e. The minimum absolute atomic E-state index is 0.117. The summed E-state index contributed by atoms with van der Waals surface area (Å²) in [4.78, 5) is 33.3. The average Bonchev–Trinajstić information content (AvgIpc) is 3.70. The van der Waals surface area contributed by atoms with Crippen molar-refractivity contribution in [3.63, 3.8) is 0 Å². The summed E-state index contributed by atoms with van der Waals surface area (Å²) < 4.78 is 34.9. The molecule has 1 atom stereocenters. The molecule has 0 radical (unpaired) electrons. The molecule has 0 N–H and O–H groups in total. The Kier molecular flexibility index (Phi) is 8.63. The minimum Gasteiger partial charge on any atom is -0.444 e. The summed E-state index contributed by atoms with van der Waals surface area (Å²) in [6, 6.07) is 24.3. The summed E-state index contributed by atoms with van der Waals surface area (Å²) in [6.45, 7) is 8.64. The van der Waals surface area contributed by atoms with Gasteiger partial charge in [0, 0.05) is 67.6 Å². The monoisotopic (exact) mass is 664 g/mol. The fraction of sp³-hybridized carbons (Fsp3) is 0.289. The average molecular weight is 665 g/mol. The number of nitrogens with zero attached hydrogens (tertiary/aromatic N) is 4. The van der Waals surface area contributed by atoms with Gasteiger partial charge in [0.25, 0.3) is 15.9 Å². The molecule has 248 valence electrons. The van der Waals surface area contributed by atoms with Gasteiger partial charge in [-0.05, 0) is 80.6 Å². The Morgan fingerprint density at radius 3 is 2.23 bits per heavy atom. The molecule has 10 heteroatoms. The number of hydrogen-bond acceptors (Lipinski definition) is 6. The van der Waals surface area contributed by atoms with Crippen molar-refractivity contribution in [1.82, 2.24) is 18.8 Å². The maximum atomic E-state index is 14.0. The molecule has 2 amide bonds. The zero-order valence-electron chi connectivity index (χ0n) is 28.1. The van der Waals surface area contributed by atoms with E-state index in [0.29, 0.717) is 40.8 Å². The second-order valence-corrected chi connectivity index (χ2v) is 15.3. The molecule has 48 heavy (non-hydrogen) atoms. The van der Waals surface area contributed by atoms with Crippen LogP contribution in [-0.2, 0) is 14.8 Å². The Morgan fingerprint density at radius 2 is 1.58 bits per heavy atom. The highest BCUT2D eigenvalue weighted by atomic mass is 32.2. The van der Waals surface area contributed by atoms with Crippen LogP contribution < -0.4 is 0 Å². The van der Waals surface area contributed by atoms with E-state index in [9.17, 15) is 18.0 Å². The summed E-state index contributed by atoms with van der Waals surface area (Å²) in [6.07, 6.45) is 3.89. The van der Waals surface area contributed by atoms with Gasteiger partial charge in [0.05, 0.1) is 4.90 Å². The molecule has 1 unspecified atom stereocenters. The van der Waals surface area contributed by atoms with E-state index in [1.165, 1.54) is 8.87 Å². The minimum atomic E-state index is -3.97. The van der Waals surface area contributed by atoms with Crippen LogP contribution in [0.4, 0.5) is 4.79 Å². The van der Waals surface area contributed by atoms with Crippen LogP contribution in [0.15, 0.2) is 96.2 Å². The van der Waals surface area contributed by atoms with Crippen LogP contribution in [-0.4, -0.2) is 72.0 Å². The number of aryl methyl sites for hydroxylation is 1. The lowest BCUT2D eigenvalue weighted by Gasteiger charge is -2.24. The van der Waals surface area contributed by atoms with Crippen molar-refractivity contribution in [1.29, 1.82) is 0 Å². The van der Waals surface area contributed by atoms with Gasteiger partial charge in [-0.2, -0.15) is 0 Å². The van der Waals surface area contributed by atoms with Crippen LogP contribution in [0, 0.1) is 6.92 Å². The molecule has 0 saturated carbocycles. The predicted octanol–water partition coefficient (Wildman–Crippen LogP) is 7.34. The molecule has 0 spiro atoms. The van der Waals surface area contributed by atoms with E-state index < -0.39 is 15.6 Å². The van der Waals surface area contributed by atoms with Crippen LogP contribution in [0.1, 0.15) is 54.6 Å². The van der Waals surface area contributed by atoms with E-state index in [-0.39, 0.29) is 22.8 Å². The maximum absolute atomic E-state index is 14.0. The third-order valence-corrected chi connectivity index (χ3v) is 10.5. The Labute approximate surface area is 281 Å². The van der Waals surface area contributed by atoms with Crippen LogP contribution in [0.5, 0.6) is 0 Å². The van der Waals surface area contributed by atoms with Gasteiger partial charge in [-0.15, -0.1) is 0 Å². The van der Waals surface area contributed by atoms with Crippen molar-refractivity contribution in [2.24, 2.45) is 0 Å². The number of fused-ring (bicyclic) bond motifs is 1. The summed E-state index contributed by atoms with van der Waals surface area (Å²) in [5.74, 6) is 0.0930. The molecule has 1 aliphatic rings. The van der Waals surface area contributed by atoms with Gasteiger partial charge >= 0.3 is 6.09 Å². The van der Waals surface area contributed by atoms with Crippen molar-refractivity contribution in [2.75, 3.05) is 27.2 Å². The normalized spacial score (nSPS) is 15.1. The number of rotatable bonds is 6. The highest BCUT2D eigenvalue weighted by molar-refractivity contribution is 7.90. The highest BCUT2D eigenvalue weighted by Crippen LogP contribution is 2.36. The lowest BCUT2D eigenvalue weighted by atomic mass is 9.95. The lowest BCUT2D eigenvalue weighted by Crippen LogP contribution is -2.35. The van der Waals surface area contributed by atoms with Crippen molar-refractivity contribution in [3.8, 4) is 22.3 Å². The molecular weight excluding hydrogens is 625 g/mol. The molecule has 1 fully saturated rings. The smallest absolute Gasteiger partial charge is 0.410 e. The number of benzene rings is 3. The Morgan fingerprint density at radius 1 is 0.917 bits per heavy atom. The summed E-state index contributed by atoms with van der Waals surface area (Å²) in [7, 11) is -0.572. The zero-order valence-corrected chi connectivity index (χ0v) is 28.9. The third kappa shape index (κ3) is 6.44. The van der Waals surface area contributed by atoms with E-state index >= 15 is 0 Å². The number of pyridine rings is 1. The van der Waals surface area contributed by atoms with Crippen molar-refractivity contribution >= 4 is 33.1 Å². The number of ether oxygens (including phenoxy) is 1. The first-order chi connectivity index (χ1) is 22.7. The van der Waals surface area contributed by atoms with Gasteiger partial charge in [-0.1, -0.05) is 54.6 Å². The Bertz CT molecular complexity index is 2110. The molecule has 3 aromatic carbocycles. The topological polar surface area (TPSA) is 102 Å². The van der Waals surface area contributed by atoms with Gasteiger partial charge in [0.15, 0.2) is 5.65 Å². The SMILES string of the molecule is Cc1ccccc1S(=O)(=O)n1cc(-c2ccc(C(=O)N(C)C)cc2)c2cc(-c3ccc(C4CCN(C(=O)OC(C)(C)C)C4)cc3)cnc21. The standard InChI is InChI=1S/C38H40N4O5S/c1-25-9-7-8-10-34(25)48(45,46)42-24-33(28-15-17-29(18-16-28)36(43)40(5)6)32-21-31(22-39-35(32)42)27-13-11-26(12-14-27)30-19-20-41(23-30)37(44)47-38(2,3)4/h7-18,21-22,24,30H,19-20,23H2,1-6H3. The van der Waals surface area contributed by atoms with Gasteiger partial charge in [-0.25, -0.2) is 22.2 Å². The highest BCUT2D eigenvalue weighted by Gasteiger charge is 2.31. The Balaban J connectivity index is 1.37. The van der Waals surface area contributed by atoms with Gasteiger partial charge in [0.2, 0.25) is 0 Å². The van der Waals surface area contributed by atoms with E-state index in [1.807, 2.05) is 57.2 Å². The van der Waals surface area contributed by atoms with Crippen molar-refractivity contribution in [3.05, 3.63) is 108 Å². The summed E-state index contributed by atoms with van der Waals surface area (Å²) >= 11 is 0. The molecule has 0 bridgehead atoms. The molecule has 1 saturated heterocycles. The molecule has 9 nitrogen and oxygen atoms in total. The van der Waals surface area contributed by atoms with E-state index in [2.05, 4.69) is 12.1 Å². The molecular formula is C38H40N4O5S. The molecule has 1 aliphatic heterocycles. The Hall–Kier alpha value is -4.96. The second-order valence-electron chi connectivity index (χ2n) is 13.5. The van der Waals surface area contributed by atoms with Gasteiger partial charge in [-0.3, -0.25) is 4.79 Å². The first-order valence-corrected chi connectivity index (χ1v) is 17.4. The number of aromatic nitrogens is 2. The number of carbonyl (C=O) groups is 2. The molecule has 2 aromatic heterocycles. The van der Waals surface area contributed by atoms with Crippen LogP contribution in [0.3, 0.4) is 0 Å². The number of hydrogen-bond donors (Lipinski definition) is 0. The molecule has 6 rings (SSSR count). The van der Waals surface area contributed by atoms with Crippen molar-refractivity contribution in [2.45, 2.75) is 50.5 Å². The van der Waals surface area contributed by atoms with Gasteiger partial charge < -0.3 is 14.5 Å². The fourth-order valence-corrected chi connectivity index (χ4v) is 7.68. The fourth-order valence-electron chi connectivity index (χ4n) is 6.13. The van der Waals surface area contributed by atoms with E-state index in [1.54, 1.807) is 68.6 Å².